The van der Waals surface area contributed by atoms with Crippen LogP contribution in [0.15, 0.2) is 169 Å². The van der Waals surface area contributed by atoms with Gasteiger partial charge in [-0.05, 0) is 64.3 Å². The van der Waals surface area contributed by atoms with Gasteiger partial charge in [0.1, 0.15) is 13.2 Å². The summed E-state index contributed by atoms with van der Waals surface area (Å²) in [6.07, 6.45) is 0.198. The van der Waals surface area contributed by atoms with E-state index in [0.29, 0.717) is 38.8 Å². The van der Waals surface area contributed by atoms with Crippen LogP contribution in [0.3, 0.4) is 0 Å². The van der Waals surface area contributed by atoms with Gasteiger partial charge in [-0.15, -0.1) is 4.99 Å². The third-order valence-electron chi connectivity index (χ3n) is 11.3. The Morgan fingerprint density at radius 3 is 1.92 bits per heavy atom. The minimum atomic E-state index is -0.946. The molecule has 0 spiro atoms. The zero-order valence-corrected chi connectivity index (χ0v) is 34.8. The second-order valence-electron chi connectivity index (χ2n) is 15.7. The maximum absolute atomic E-state index is 14.8. The largest absolute Gasteiger partial charge is 0.444 e. The van der Waals surface area contributed by atoms with Gasteiger partial charge in [0.25, 0.3) is 0 Å². The molecular formula is C51H54N6O5. The molecule has 1 aliphatic heterocycles. The summed E-state index contributed by atoms with van der Waals surface area (Å²) in [6.45, 7) is 0.975. The van der Waals surface area contributed by atoms with E-state index in [1.807, 2.05) is 114 Å². The molecular weight excluding hydrogens is 777 g/mol. The quantitative estimate of drug-likeness (QED) is 0.0693. The molecule has 6 aromatic rings. The molecule has 0 saturated carbocycles. The molecule has 62 heavy (non-hydrogen) atoms. The Hall–Kier alpha value is -6.82. The van der Waals surface area contributed by atoms with E-state index in [1.165, 1.54) is 0 Å². The number of ether oxygens (including phenoxy) is 2. The van der Waals surface area contributed by atoms with E-state index < -0.39 is 18.2 Å². The number of amides is 3. The Morgan fingerprint density at radius 1 is 0.726 bits per heavy atom. The second-order valence-corrected chi connectivity index (χ2v) is 15.7. The van der Waals surface area contributed by atoms with Gasteiger partial charge in [-0.3, -0.25) is 4.79 Å². The molecule has 1 fully saturated rings. The fourth-order valence-corrected chi connectivity index (χ4v) is 7.99. The van der Waals surface area contributed by atoms with Crippen molar-refractivity contribution in [3.8, 4) is 0 Å². The smallest absolute Gasteiger partial charge is 0.437 e. The minimum absolute atomic E-state index is 0.0135. The van der Waals surface area contributed by atoms with Crippen molar-refractivity contribution in [3.05, 3.63) is 192 Å². The summed E-state index contributed by atoms with van der Waals surface area (Å²) in [5.74, 6) is -0.476. The van der Waals surface area contributed by atoms with E-state index >= 15 is 0 Å². The summed E-state index contributed by atoms with van der Waals surface area (Å²) in [5.41, 5.74) is 18.3. The fraction of sp³-hybridized carbons (Fsp3) is 0.255. The van der Waals surface area contributed by atoms with Crippen LogP contribution in [0.25, 0.3) is 10.8 Å². The van der Waals surface area contributed by atoms with Gasteiger partial charge in [-0.2, -0.15) is 0 Å². The van der Waals surface area contributed by atoms with Crippen LogP contribution in [0.2, 0.25) is 0 Å². The van der Waals surface area contributed by atoms with Gasteiger partial charge in [0, 0.05) is 37.6 Å². The van der Waals surface area contributed by atoms with Crippen molar-refractivity contribution < 1.29 is 23.9 Å². The monoisotopic (exact) mass is 830 g/mol. The molecule has 0 aromatic heterocycles. The molecule has 6 aromatic carbocycles. The van der Waals surface area contributed by atoms with E-state index in [1.54, 1.807) is 0 Å². The molecule has 0 radical (unpaired) electrons. The van der Waals surface area contributed by atoms with Gasteiger partial charge in [0.2, 0.25) is 11.9 Å². The first-order valence-corrected chi connectivity index (χ1v) is 21.2. The molecule has 7 rings (SSSR count). The lowest BCUT2D eigenvalue weighted by molar-refractivity contribution is -0.133. The molecule has 0 bridgehead atoms. The fourth-order valence-electron chi connectivity index (χ4n) is 7.99. The van der Waals surface area contributed by atoms with Gasteiger partial charge in [0.15, 0.2) is 0 Å². The number of hydrogen-bond donors (Lipinski definition) is 3. The highest BCUT2D eigenvalue weighted by Crippen LogP contribution is 2.28. The first kappa shape index (κ1) is 43.3. The first-order valence-electron chi connectivity index (χ1n) is 21.2. The van der Waals surface area contributed by atoms with Crippen molar-refractivity contribution in [3.63, 3.8) is 0 Å². The van der Waals surface area contributed by atoms with Gasteiger partial charge in [-0.25, -0.2) is 14.5 Å². The third-order valence-corrected chi connectivity index (χ3v) is 11.3. The van der Waals surface area contributed by atoms with E-state index in [0.717, 1.165) is 43.5 Å². The zero-order valence-electron chi connectivity index (χ0n) is 34.8. The van der Waals surface area contributed by atoms with Crippen LogP contribution in [-0.2, 0) is 33.9 Å². The average molecular weight is 831 g/mol. The summed E-state index contributed by atoms with van der Waals surface area (Å²) in [6, 6.07) is 52.5. The number of rotatable bonds is 15. The van der Waals surface area contributed by atoms with Gasteiger partial charge >= 0.3 is 12.2 Å². The van der Waals surface area contributed by atoms with Crippen molar-refractivity contribution in [2.24, 2.45) is 16.5 Å². The van der Waals surface area contributed by atoms with E-state index in [2.05, 4.69) is 64.9 Å². The Labute approximate surface area is 363 Å². The number of carbonyl (C=O) groups excluding carboxylic acids is 3. The number of guanidine groups is 1. The molecule has 318 valence electrons. The SMILES string of the molecule is N/C(=N/C(=O)OCc1ccccc1)N(CCC[C@@H]1NC([C@@H](N)Cc2ccc3ccccc3c2)CCN(CC(c2ccccc2)c2ccccc2)C1=O)C(=O)OCc1ccccc1. The summed E-state index contributed by atoms with van der Waals surface area (Å²) in [7, 11) is 0. The number of aliphatic imine (C=N–C) groups is 1. The molecule has 3 amide bonds. The van der Waals surface area contributed by atoms with E-state index in [-0.39, 0.29) is 49.6 Å². The number of nitrogens with two attached hydrogens (primary N) is 2. The van der Waals surface area contributed by atoms with Crippen LogP contribution in [0.5, 0.6) is 0 Å². The molecule has 3 atom stereocenters. The lowest BCUT2D eigenvalue weighted by Gasteiger charge is -2.30. The lowest BCUT2D eigenvalue weighted by atomic mass is 9.90. The predicted molar refractivity (Wildman–Crippen MR) is 243 cm³/mol. The molecule has 1 heterocycles. The van der Waals surface area contributed by atoms with Crippen LogP contribution in [0.4, 0.5) is 9.59 Å². The van der Waals surface area contributed by atoms with Gasteiger partial charge < -0.3 is 31.2 Å². The second kappa shape index (κ2) is 21.6. The Balaban J connectivity index is 1.10. The summed E-state index contributed by atoms with van der Waals surface area (Å²) in [5, 5.41) is 5.98. The van der Waals surface area contributed by atoms with Crippen LogP contribution in [-0.4, -0.2) is 71.6 Å². The molecule has 5 N–H and O–H groups in total. The number of carbonyl (C=O) groups is 3. The third kappa shape index (κ3) is 11.9. The standard InChI is InChI=1S/C51H54N6O5/c52-45(33-39-27-28-40-20-13-14-25-43(40)32-39)46-29-31-56(34-44(41-21-9-3-10-22-41)42-23-11-4-12-24-42)48(58)47(54-46)26-15-30-57(51(60)62-36-38-18-7-2-8-19-38)49(53)55-50(59)61-35-37-16-5-1-6-17-37/h1-14,16-25,27-28,32,44-47,54H,15,26,29-31,33-36,52H2,(H2,53,55,59)/t45-,46?,47-/m0/s1. The van der Waals surface area contributed by atoms with Crippen LogP contribution in [0, 0.1) is 0 Å². The zero-order chi connectivity index (χ0) is 43.1. The normalized spacial score (nSPS) is 16.1. The lowest BCUT2D eigenvalue weighted by Crippen LogP contribution is -2.52. The van der Waals surface area contributed by atoms with Crippen molar-refractivity contribution in [2.75, 3.05) is 19.6 Å². The Morgan fingerprint density at radius 2 is 1.29 bits per heavy atom. The molecule has 1 saturated heterocycles. The molecule has 0 aliphatic carbocycles. The van der Waals surface area contributed by atoms with E-state index in [9.17, 15) is 14.4 Å². The van der Waals surface area contributed by atoms with Gasteiger partial charge in [-0.1, -0.05) is 164 Å². The maximum atomic E-state index is 14.8. The van der Waals surface area contributed by atoms with Crippen molar-refractivity contribution in [1.82, 2.24) is 15.1 Å². The average Bonchev–Trinajstić information content (AvgIpc) is 3.46. The summed E-state index contributed by atoms with van der Waals surface area (Å²) >= 11 is 0. The predicted octanol–water partition coefficient (Wildman–Crippen LogP) is 8.17. The molecule has 11 heteroatoms. The van der Waals surface area contributed by atoms with Crippen LogP contribution < -0.4 is 16.8 Å². The number of hydrogen-bond acceptors (Lipinski definition) is 7. The summed E-state index contributed by atoms with van der Waals surface area (Å²) < 4.78 is 11.0. The molecule has 11 nitrogen and oxygen atoms in total. The topological polar surface area (TPSA) is 153 Å². The van der Waals surface area contributed by atoms with Crippen LogP contribution >= 0.6 is 0 Å². The van der Waals surface area contributed by atoms with Crippen molar-refractivity contribution >= 4 is 34.8 Å². The Bertz CT molecular complexity index is 2360. The minimum Gasteiger partial charge on any atom is -0.444 e. The Kier molecular flexibility index (Phi) is 15.1. The van der Waals surface area contributed by atoms with E-state index in [4.69, 9.17) is 20.9 Å². The van der Waals surface area contributed by atoms with Gasteiger partial charge in [0.05, 0.1) is 6.04 Å². The molecule has 1 aliphatic rings. The van der Waals surface area contributed by atoms with Crippen molar-refractivity contribution in [1.29, 1.82) is 0 Å². The van der Waals surface area contributed by atoms with Crippen molar-refractivity contribution in [2.45, 2.75) is 62.9 Å². The number of nitrogens with zero attached hydrogens (tertiary/aromatic N) is 3. The number of fused-ring (bicyclic) bond motifs is 1. The number of benzene rings is 6. The molecule has 1 unspecified atom stereocenters. The number of nitrogens with one attached hydrogen (secondary N) is 1. The first-order chi connectivity index (χ1) is 30.3. The maximum Gasteiger partial charge on any atom is 0.437 e. The highest BCUT2D eigenvalue weighted by molar-refractivity contribution is 5.98. The highest BCUT2D eigenvalue weighted by Gasteiger charge is 2.35. The highest BCUT2D eigenvalue weighted by atomic mass is 16.6. The summed E-state index contributed by atoms with van der Waals surface area (Å²) in [4.78, 5) is 48.2. The van der Waals surface area contributed by atoms with Crippen LogP contribution in [0.1, 0.15) is 53.0 Å².